The summed E-state index contributed by atoms with van der Waals surface area (Å²) in [7, 11) is 0. The Morgan fingerprint density at radius 1 is 1.39 bits per heavy atom. The van der Waals surface area contributed by atoms with Crippen LogP contribution < -0.4 is 4.74 Å². The van der Waals surface area contributed by atoms with Crippen LogP contribution in [0, 0.1) is 0 Å². The molecule has 1 aromatic heterocycles. The van der Waals surface area contributed by atoms with Crippen LogP contribution >= 0.6 is 11.6 Å². The molecule has 0 unspecified atom stereocenters. The average Bonchev–Trinajstić information content (AvgIpc) is 2.35. The molecule has 0 aromatic carbocycles. The fourth-order valence-electron chi connectivity index (χ4n) is 1.54. The van der Waals surface area contributed by atoms with Crippen LogP contribution in [0.25, 0.3) is 0 Å². The molecule has 18 heavy (non-hydrogen) atoms. The molecule has 0 bridgehead atoms. The summed E-state index contributed by atoms with van der Waals surface area (Å²) < 4.78 is 5.40. The number of hydrogen-bond acceptors (Lipinski definition) is 3. The third-order valence-corrected chi connectivity index (χ3v) is 2.86. The van der Waals surface area contributed by atoms with E-state index in [1.54, 1.807) is 0 Å². The molecule has 0 spiro atoms. The molecule has 100 valence electrons. The fraction of sp³-hybridized carbons (Fsp3) is 0.538. The number of unbranched alkanes of at least 4 members (excludes halogenated alkanes) is 4. The van der Waals surface area contributed by atoms with Crippen molar-refractivity contribution in [3.63, 3.8) is 0 Å². The van der Waals surface area contributed by atoms with E-state index in [2.05, 4.69) is 11.9 Å². The van der Waals surface area contributed by atoms with Crippen LogP contribution in [0.5, 0.6) is 5.88 Å². The molecule has 0 saturated heterocycles. The molecule has 4 nitrogen and oxygen atoms in total. The Morgan fingerprint density at radius 2 is 2.11 bits per heavy atom. The lowest BCUT2D eigenvalue weighted by atomic mass is 10.2. The Kier molecular flexibility index (Phi) is 6.50. The summed E-state index contributed by atoms with van der Waals surface area (Å²) in [6, 6.07) is 1.36. The molecule has 1 heterocycles. The van der Waals surface area contributed by atoms with E-state index in [1.807, 2.05) is 0 Å². The van der Waals surface area contributed by atoms with E-state index in [1.165, 1.54) is 31.5 Å². The van der Waals surface area contributed by atoms with Crippen LogP contribution in [0.15, 0.2) is 12.3 Å². The number of hydrogen-bond donors (Lipinski definition) is 1. The van der Waals surface area contributed by atoms with Gasteiger partial charge in [0.1, 0.15) is 0 Å². The predicted molar refractivity (Wildman–Crippen MR) is 70.5 cm³/mol. The maximum absolute atomic E-state index is 10.9. The van der Waals surface area contributed by atoms with Gasteiger partial charge in [-0.15, -0.1) is 0 Å². The lowest BCUT2D eigenvalue weighted by Crippen LogP contribution is -2.03. The predicted octanol–water partition coefficient (Wildman–Crippen LogP) is 3.78. The zero-order valence-electron chi connectivity index (χ0n) is 10.5. The van der Waals surface area contributed by atoms with Crippen molar-refractivity contribution < 1.29 is 14.6 Å². The highest BCUT2D eigenvalue weighted by atomic mass is 35.5. The van der Waals surface area contributed by atoms with E-state index in [0.29, 0.717) is 12.5 Å². The molecular formula is C13H18ClNO3. The van der Waals surface area contributed by atoms with Crippen LogP contribution in [0.3, 0.4) is 0 Å². The summed E-state index contributed by atoms with van der Waals surface area (Å²) in [5.41, 5.74) is 0.0210. The largest absolute Gasteiger partial charge is 0.478 e. The number of rotatable bonds is 8. The van der Waals surface area contributed by atoms with Crippen molar-refractivity contribution in [1.82, 2.24) is 4.98 Å². The summed E-state index contributed by atoms with van der Waals surface area (Å²) in [4.78, 5) is 14.8. The first-order valence-corrected chi connectivity index (χ1v) is 6.54. The topological polar surface area (TPSA) is 59.4 Å². The first kappa shape index (κ1) is 14.8. The van der Waals surface area contributed by atoms with Gasteiger partial charge in [-0.05, 0) is 6.42 Å². The van der Waals surface area contributed by atoms with Gasteiger partial charge < -0.3 is 9.84 Å². The number of carboxylic acid groups (broad SMARTS) is 1. The quantitative estimate of drug-likeness (QED) is 0.731. The Bertz CT molecular complexity index is 396. The zero-order valence-corrected chi connectivity index (χ0v) is 11.2. The molecule has 1 rings (SSSR count). The summed E-state index contributed by atoms with van der Waals surface area (Å²) in [6.45, 7) is 2.72. The minimum absolute atomic E-state index is 0.0210. The second-order valence-electron chi connectivity index (χ2n) is 4.07. The zero-order chi connectivity index (χ0) is 13.4. The van der Waals surface area contributed by atoms with Crippen molar-refractivity contribution in [2.24, 2.45) is 0 Å². The van der Waals surface area contributed by atoms with Crippen molar-refractivity contribution in [3.8, 4) is 5.88 Å². The summed E-state index contributed by atoms with van der Waals surface area (Å²) in [5.74, 6) is -0.762. The van der Waals surface area contributed by atoms with Crippen LogP contribution in [-0.4, -0.2) is 22.7 Å². The van der Waals surface area contributed by atoms with Crippen molar-refractivity contribution in [2.75, 3.05) is 6.61 Å². The standard InChI is InChI=1S/C13H18ClNO3/c1-2-3-4-5-6-7-18-12-8-10(13(16)17)11(14)9-15-12/h8-9H,2-7H2,1H3,(H,16,17). The highest BCUT2D eigenvalue weighted by Gasteiger charge is 2.10. The van der Waals surface area contributed by atoms with Gasteiger partial charge in [-0.3, -0.25) is 0 Å². The molecule has 0 aliphatic carbocycles. The van der Waals surface area contributed by atoms with Gasteiger partial charge in [0.2, 0.25) is 5.88 Å². The first-order chi connectivity index (χ1) is 8.65. The second kappa shape index (κ2) is 7.93. The van der Waals surface area contributed by atoms with Gasteiger partial charge in [-0.1, -0.05) is 44.2 Å². The van der Waals surface area contributed by atoms with Crippen LogP contribution in [0.4, 0.5) is 0 Å². The number of nitrogens with zero attached hydrogens (tertiary/aromatic N) is 1. The van der Waals surface area contributed by atoms with Gasteiger partial charge in [-0.2, -0.15) is 0 Å². The highest BCUT2D eigenvalue weighted by Crippen LogP contribution is 2.19. The minimum atomic E-state index is -1.07. The van der Waals surface area contributed by atoms with E-state index in [4.69, 9.17) is 21.4 Å². The SMILES string of the molecule is CCCCCCCOc1cc(C(=O)O)c(Cl)cn1. The second-order valence-corrected chi connectivity index (χ2v) is 4.48. The molecule has 5 heteroatoms. The maximum atomic E-state index is 10.9. The van der Waals surface area contributed by atoms with Crippen molar-refractivity contribution >= 4 is 17.6 Å². The molecule has 0 fully saturated rings. The normalized spacial score (nSPS) is 10.3. The first-order valence-electron chi connectivity index (χ1n) is 6.16. The van der Waals surface area contributed by atoms with E-state index in [-0.39, 0.29) is 10.6 Å². The molecule has 0 aliphatic heterocycles. The number of aromatic nitrogens is 1. The van der Waals surface area contributed by atoms with Gasteiger partial charge in [0.25, 0.3) is 0 Å². The van der Waals surface area contributed by atoms with E-state index >= 15 is 0 Å². The molecular weight excluding hydrogens is 254 g/mol. The molecule has 0 saturated carbocycles. The van der Waals surface area contributed by atoms with Gasteiger partial charge >= 0.3 is 5.97 Å². The Balaban J connectivity index is 2.38. The number of aromatic carboxylic acids is 1. The molecule has 1 N–H and O–H groups in total. The summed E-state index contributed by atoms with van der Waals surface area (Å²) in [6.07, 6.45) is 7.02. The lowest BCUT2D eigenvalue weighted by molar-refractivity contribution is 0.0696. The third-order valence-electron chi connectivity index (χ3n) is 2.56. The highest BCUT2D eigenvalue weighted by molar-refractivity contribution is 6.33. The van der Waals surface area contributed by atoms with E-state index in [0.717, 1.165) is 12.8 Å². The van der Waals surface area contributed by atoms with Gasteiger partial charge in [0.15, 0.2) is 0 Å². The fourth-order valence-corrected chi connectivity index (χ4v) is 1.73. The average molecular weight is 272 g/mol. The van der Waals surface area contributed by atoms with Crippen LogP contribution in [0.1, 0.15) is 49.4 Å². The third kappa shape index (κ3) is 4.92. The summed E-state index contributed by atoms with van der Waals surface area (Å²) in [5, 5.41) is 9.01. The Hall–Kier alpha value is -1.29. The number of ether oxygens (including phenoxy) is 1. The number of pyridine rings is 1. The molecule has 0 amide bonds. The molecule has 0 radical (unpaired) electrons. The Labute approximate surface area is 112 Å². The molecule has 0 aliphatic rings. The van der Waals surface area contributed by atoms with Crippen LogP contribution in [-0.2, 0) is 0 Å². The molecule has 0 atom stereocenters. The van der Waals surface area contributed by atoms with Gasteiger partial charge in [0.05, 0.1) is 23.4 Å². The lowest BCUT2D eigenvalue weighted by Gasteiger charge is -2.06. The smallest absolute Gasteiger partial charge is 0.337 e. The van der Waals surface area contributed by atoms with Crippen molar-refractivity contribution in [1.29, 1.82) is 0 Å². The maximum Gasteiger partial charge on any atom is 0.337 e. The van der Waals surface area contributed by atoms with Crippen molar-refractivity contribution in [3.05, 3.63) is 22.8 Å². The monoisotopic (exact) mass is 271 g/mol. The molecule has 1 aromatic rings. The number of carbonyl (C=O) groups is 1. The number of halogens is 1. The van der Waals surface area contributed by atoms with Gasteiger partial charge in [-0.25, -0.2) is 9.78 Å². The Morgan fingerprint density at radius 3 is 2.78 bits per heavy atom. The summed E-state index contributed by atoms with van der Waals surface area (Å²) >= 11 is 5.71. The van der Waals surface area contributed by atoms with E-state index < -0.39 is 5.97 Å². The van der Waals surface area contributed by atoms with E-state index in [9.17, 15) is 4.79 Å². The van der Waals surface area contributed by atoms with Crippen LogP contribution in [0.2, 0.25) is 5.02 Å². The number of carboxylic acids is 1. The minimum Gasteiger partial charge on any atom is -0.478 e. The van der Waals surface area contributed by atoms with Crippen molar-refractivity contribution in [2.45, 2.75) is 39.0 Å². The van der Waals surface area contributed by atoms with Gasteiger partial charge in [0, 0.05) is 6.07 Å².